The zero-order valence-corrected chi connectivity index (χ0v) is 12.1. The molecule has 6 heteroatoms. The number of oxazole rings is 1. The standard InChI is InChI=1S/C15H15N3O3/c1-4-20-15(19)12-9(2)21-14(17-12)13-16-10-7-5-6-8-11(10)18(13)3/h5-8H,4H2,1-3H3. The van der Waals surface area contributed by atoms with Gasteiger partial charge in [0.15, 0.2) is 11.5 Å². The lowest BCUT2D eigenvalue weighted by atomic mass is 10.3. The van der Waals surface area contributed by atoms with Crippen molar-refractivity contribution in [3.05, 3.63) is 35.7 Å². The maximum absolute atomic E-state index is 11.8. The molecule has 1 aromatic carbocycles. The van der Waals surface area contributed by atoms with Gasteiger partial charge in [0.1, 0.15) is 5.76 Å². The first-order valence-corrected chi connectivity index (χ1v) is 6.68. The maximum atomic E-state index is 11.8. The van der Waals surface area contributed by atoms with Crippen LogP contribution in [0.3, 0.4) is 0 Å². The van der Waals surface area contributed by atoms with E-state index in [9.17, 15) is 4.79 Å². The van der Waals surface area contributed by atoms with Crippen LogP contribution >= 0.6 is 0 Å². The van der Waals surface area contributed by atoms with Crippen LogP contribution in [0.4, 0.5) is 0 Å². The Kier molecular flexibility index (Phi) is 3.21. The molecule has 3 rings (SSSR count). The van der Waals surface area contributed by atoms with Gasteiger partial charge in [-0.05, 0) is 26.0 Å². The van der Waals surface area contributed by atoms with Crippen LogP contribution in [0.5, 0.6) is 0 Å². The molecule has 0 bridgehead atoms. The largest absolute Gasteiger partial charge is 0.461 e. The lowest BCUT2D eigenvalue weighted by Crippen LogP contribution is -2.06. The topological polar surface area (TPSA) is 70.2 Å². The first kappa shape index (κ1) is 13.4. The summed E-state index contributed by atoms with van der Waals surface area (Å²) in [6.45, 7) is 3.73. The van der Waals surface area contributed by atoms with Gasteiger partial charge in [0.2, 0.25) is 0 Å². The van der Waals surface area contributed by atoms with Gasteiger partial charge in [0.05, 0.1) is 17.6 Å². The molecule has 3 aromatic rings. The molecular weight excluding hydrogens is 270 g/mol. The van der Waals surface area contributed by atoms with Gasteiger partial charge < -0.3 is 13.7 Å². The van der Waals surface area contributed by atoms with E-state index in [1.807, 2.05) is 35.9 Å². The SMILES string of the molecule is CCOC(=O)c1nc(-c2nc3ccccc3n2C)oc1C. The summed E-state index contributed by atoms with van der Waals surface area (Å²) in [5.41, 5.74) is 2.02. The second-order valence-electron chi connectivity index (χ2n) is 4.63. The van der Waals surface area contributed by atoms with Gasteiger partial charge in [0.25, 0.3) is 5.89 Å². The molecule has 0 atom stereocenters. The fourth-order valence-electron chi connectivity index (χ4n) is 2.22. The highest BCUT2D eigenvalue weighted by Crippen LogP contribution is 2.25. The highest BCUT2D eigenvalue weighted by Gasteiger charge is 2.22. The van der Waals surface area contributed by atoms with Crippen molar-refractivity contribution in [2.24, 2.45) is 7.05 Å². The predicted molar refractivity (Wildman–Crippen MR) is 76.9 cm³/mol. The second-order valence-corrected chi connectivity index (χ2v) is 4.63. The van der Waals surface area contributed by atoms with Gasteiger partial charge in [-0.3, -0.25) is 0 Å². The first-order chi connectivity index (χ1) is 10.1. The third-order valence-electron chi connectivity index (χ3n) is 3.24. The average Bonchev–Trinajstić information content (AvgIpc) is 3.01. The zero-order valence-electron chi connectivity index (χ0n) is 12.1. The predicted octanol–water partition coefficient (Wildman–Crippen LogP) is 2.71. The zero-order chi connectivity index (χ0) is 15.0. The van der Waals surface area contributed by atoms with E-state index in [-0.39, 0.29) is 5.69 Å². The summed E-state index contributed by atoms with van der Waals surface area (Å²) in [6.07, 6.45) is 0. The number of ether oxygens (including phenoxy) is 1. The molecule has 0 fully saturated rings. The molecule has 0 amide bonds. The van der Waals surface area contributed by atoms with Crippen LogP contribution in [0.1, 0.15) is 23.2 Å². The summed E-state index contributed by atoms with van der Waals surface area (Å²) >= 11 is 0. The molecule has 108 valence electrons. The Labute approximate surface area is 121 Å². The number of nitrogens with zero attached hydrogens (tertiary/aromatic N) is 3. The van der Waals surface area contributed by atoms with Crippen molar-refractivity contribution in [1.29, 1.82) is 0 Å². The van der Waals surface area contributed by atoms with E-state index in [4.69, 9.17) is 9.15 Å². The average molecular weight is 285 g/mol. The van der Waals surface area contributed by atoms with Gasteiger partial charge in [-0.1, -0.05) is 12.1 Å². The smallest absolute Gasteiger partial charge is 0.360 e. The summed E-state index contributed by atoms with van der Waals surface area (Å²) in [4.78, 5) is 20.5. The summed E-state index contributed by atoms with van der Waals surface area (Å²) in [7, 11) is 1.88. The Morgan fingerprint density at radius 3 is 2.81 bits per heavy atom. The van der Waals surface area contributed by atoms with Crippen LogP contribution in [0.15, 0.2) is 28.7 Å². The van der Waals surface area contributed by atoms with E-state index < -0.39 is 5.97 Å². The minimum atomic E-state index is -0.483. The van der Waals surface area contributed by atoms with E-state index in [1.54, 1.807) is 13.8 Å². The molecule has 0 spiro atoms. The summed E-state index contributed by atoms with van der Waals surface area (Å²) in [6, 6.07) is 7.75. The van der Waals surface area contributed by atoms with Crippen molar-refractivity contribution in [2.75, 3.05) is 6.61 Å². The lowest BCUT2D eigenvalue weighted by Gasteiger charge is -1.97. The number of carbonyl (C=O) groups excluding carboxylic acids is 1. The highest BCUT2D eigenvalue weighted by atomic mass is 16.5. The van der Waals surface area contributed by atoms with Gasteiger partial charge in [-0.2, -0.15) is 4.98 Å². The van der Waals surface area contributed by atoms with E-state index in [1.165, 1.54) is 0 Å². The quantitative estimate of drug-likeness (QED) is 0.692. The molecule has 21 heavy (non-hydrogen) atoms. The normalized spacial score (nSPS) is 11.0. The Hall–Kier alpha value is -2.63. The molecule has 0 N–H and O–H groups in total. The highest BCUT2D eigenvalue weighted by molar-refractivity contribution is 5.89. The van der Waals surface area contributed by atoms with Crippen LogP contribution in [0, 0.1) is 6.92 Å². The minimum absolute atomic E-state index is 0.193. The summed E-state index contributed by atoms with van der Waals surface area (Å²) in [5.74, 6) is 0.836. The Morgan fingerprint density at radius 2 is 2.10 bits per heavy atom. The third-order valence-corrected chi connectivity index (χ3v) is 3.24. The fraction of sp³-hybridized carbons (Fsp3) is 0.267. The molecule has 0 unspecified atom stereocenters. The van der Waals surface area contributed by atoms with E-state index >= 15 is 0 Å². The maximum Gasteiger partial charge on any atom is 0.360 e. The molecule has 6 nitrogen and oxygen atoms in total. The van der Waals surface area contributed by atoms with Crippen molar-refractivity contribution in [3.8, 4) is 11.7 Å². The second kappa shape index (κ2) is 5.05. The van der Waals surface area contributed by atoms with Crippen molar-refractivity contribution in [3.63, 3.8) is 0 Å². The van der Waals surface area contributed by atoms with Gasteiger partial charge in [0, 0.05) is 7.05 Å². The van der Waals surface area contributed by atoms with Crippen molar-refractivity contribution >= 4 is 17.0 Å². The number of imidazole rings is 1. The molecule has 0 saturated carbocycles. The number of rotatable bonds is 3. The number of aromatic nitrogens is 3. The monoisotopic (exact) mass is 285 g/mol. The van der Waals surface area contributed by atoms with Gasteiger partial charge in [-0.15, -0.1) is 0 Å². The van der Waals surface area contributed by atoms with E-state index in [0.717, 1.165) is 11.0 Å². The number of aryl methyl sites for hydroxylation is 2. The lowest BCUT2D eigenvalue weighted by molar-refractivity contribution is 0.0518. The molecule has 2 heterocycles. The number of benzene rings is 1. The van der Waals surface area contributed by atoms with E-state index in [2.05, 4.69) is 9.97 Å². The molecular formula is C15H15N3O3. The fourth-order valence-corrected chi connectivity index (χ4v) is 2.22. The number of hydrogen-bond donors (Lipinski definition) is 0. The van der Waals surface area contributed by atoms with Gasteiger partial charge >= 0.3 is 5.97 Å². The van der Waals surface area contributed by atoms with Crippen LogP contribution in [-0.4, -0.2) is 27.1 Å². The number of para-hydroxylation sites is 2. The third kappa shape index (κ3) is 2.18. The molecule has 2 aromatic heterocycles. The Bertz CT molecular complexity index is 817. The number of fused-ring (bicyclic) bond motifs is 1. The van der Waals surface area contributed by atoms with Crippen molar-refractivity contribution < 1.29 is 13.9 Å². The Balaban J connectivity index is 2.09. The van der Waals surface area contributed by atoms with Crippen LogP contribution < -0.4 is 0 Å². The van der Waals surface area contributed by atoms with Crippen LogP contribution in [-0.2, 0) is 11.8 Å². The number of hydrogen-bond acceptors (Lipinski definition) is 5. The minimum Gasteiger partial charge on any atom is -0.461 e. The number of carbonyl (C=O) groups is 1. The molecule has 0 radical (unpaired) electrons. The Morgan fingerprint density at radius 1 is 1.33 bits per heavy atom. The van der Waals surface area contributed by atoms with E-state index in [0.29, 0.717) is 24.1 Å². The molecule has 0 aliphatic carbocycles. The molecule has 0 aliphatic rings. The number of esters is 1. The summed E-state index contributed by atoms with van der Waals surface area (Å²) < 4.78 is 12.4. The summed E-state index contributed by atoms with van der Waals surface area (Å²) in [5, 5.41) is 0. The van der Waals surface area contributed by atoms with Crippen molar-refractivity contribution in [1.82, 2.24) is 14.5 Å². The van der Waals surface area contributed by atoms with Crippen LogP contribution in [0.2, 0.25) is 0 Å². The van der Waals surface area contributed by atoms with Crippen LogP contribution in [0.25, 0.3) is 22.7 Å². The van der Waals surface area contributed by atoms with Crippen molar-refractivity contribution in [2.45, 2.75) is 13.8 Å². The first-order valence-electron chi connectivity index (χ1n) is 6.68. The molecule has 0 aliphatic heterocycles. The van der Waals surface area contributed by atoms with Gasteiger partial charge in [-0.25, -0.2) is 9.78 Å². The molecule has 0 saturated heterocycles.